The number of carbonyl (C=O) groups excluding carboxylic acids is 2. The van der Waals surface area contributed by atoms with Crippen LogP contribution in [0.1, 0.15) is 20.7 Å². The van der Waals surface area contributed by atoms with Crippen LogP contribution in [0.3, 0.4) is 0 Å². The number of thioether (sulfide) groups is 2. The number of carboxylic acids is 2. The second kappa shape index (κ2) is 13.2. The van der Waals surface area contributed by atoms with E-state index in [0.717, 1.165) is 22.1 Å². The maximum absolute atomic E-state index is 12.7. The number of benzene rings is 4. The zero-order valence-corrected chi connectivity index (χ0v) is 25.4. The number of amides is 2. The molecule has 2 aromatic heterocycles. The highest BCUT2D eigenvalue weighted by molar-refractivity contribution is 8.00. The molecule has 0 fully saturated rings. The average molecular weight is 653 g/mol. The molecule has 12 nitrogen and oxygen atoms in total. The third-order valence-electron chi connectivity index (χ3n) is 6.80. The predicted molar refractivity (Wildman–Crippen MR) is 177 cm³/mol. The number of H-pyrrole nitrogens is 2. The number of anilines is 2. The molecule has 2 amide bonds. The Labute approximate surface area is 269 Å². The van der Waals surface area contributed by atoms with Crippen LogP contribution in [0, 0.1) is 0 Å². The topological polar surface area (TPSA) is 190 Å². The van der Waals surface area contributed by atoms with E-state index in [1.54, 1.807) is 12.1 Å². The van der Waals surface area contributed by atoms with Gasteiger partial charge < -0.3 is 30.8 Å². The molecular weight excluding hydrogens is 629 g/mol. The summed E-state index contributed by atoms with van der Waals surface area (Å²) < 4.78 is 0. The summed E-state index contributed by atoms with van der Waals surface area (Å²) in [4.78, 5) is 64.6. The Morgan fingerprint density at radius 1 is 0.609 bits per heavy atom. The highest BCUT2D eigenvalue weighted by Crippen LogP contribution is 2.30. The van der Waals surface area contributed by atoms with Crippen LogP contribution >= 0.6 is 23.5 Å². The molecule has 0 radical (unpaired) electrons. The molecule has 14 heteroatoms. The van der Waals surface area contributed by atoms with E-state index >= 15 is 0 Å². The van der Waals surface area contributed by atoms with E-state index in [0.29, 0.717) is 21.4 Å². The van der Waals surface area contributed by atoms with Crippen molar-refractivity contribution in [3.63, 3.8) is 0 Å². The standard InChI is InChI=1S/C32H24N6O6S2/c39-27(15-45-31-35-23-5-1-2-6-24(23)36-31)33-21-11-9-17(13-19(21)29(41)42)18-10-12-22(20(14-18)30(43)44)34-28(40)16-46-32-37-25-7-3-4-8-26(25)38-32/h1-14H,15-16H2,(H,33,39)(H,34,40)(H,35,36)(H,37,38)(H,41,42)(H,43,44). The number of aromatic amines is 2. The molecule has 0 bridgehead atoms. The van der Waals surface area contributed by atoms with Gasteiger partial charge in [-0.3, -0.25) is 9.59 Å². The van der Waals surface area contributed by atoms with Crippen LogP contribution in [0.5, 0.6) is 0 Å². The zero-order valence-electron chi connectivity index (χ0n) is 23.7. The average Bonchev–Trinajstić information content (AvgIpc) is 3.67. The minimum atomic E-state index is -1.27. The fourth-order valence-electron chi connectivity index (χ4n) is 4.66. The molecule has 46 heavy (non-hydrogen) atoms. The number of aromatic nitrogens is 4. The lowest BCUT2D eigenvalue weighted by Gasteiger charge is -2.13. The SMILES string of the molecule is O=C(CSc1nc2ccccc2[nH]1)Nc1ccc(-c2ccc(NC(=O)CSc3nc4ccccc4[nH]3)c(C(=O)O)c2)cc1C(=O)O. The Kier molecular flexibility index (Phi) is 8.72. The number of rotatable bonds is 11. The number of carboxylic acid groups (broad SMARTS) is 2. The molecule has 0 aliphatic rings. The van der Waals surface area contributed by atoms with Gasteiger partial charge in [0, 0.05) is 0 Å². The first-order valence-electron chi connectivity index (χ1n) is 13.7. The van der Waals surface area contributed by atoms with Crippen molar-refractivity contribution >= 4 is 80.7 Å². The first-order valence-corrected chi connectivity index (χ1v) is 15.7. The number of fused-ring (bicyclic) bond motifs is 2. The van der Waals surface area contributed by atoms with Crippen molar-refractivity contribution in [1.82, 2.24) is 19.9 Å². The lowest BCUT2D eigenvalue weighted by Crippen LogP contribution is -2.17. The van der Waals surface area contributed by atoms with Gasteiger partial charge in [0.25, 0.3) is 0 Å². The third-order valence-corrected chi connectivity index (χ3v) is 8.54. The summed E-state index contributed by atoms with van der Waals surface area (Å²) in [5.41, 5.74) is 3.89. The monoisotopic (exact) mass is 652 g/mol. The lowest BCUT2D eigenvalue weighted by atomic mass is 9.99. The second-order valence-electron chi connectivity index (χ2n) is 9.92. The molecule has 0 aliphatic heterocycles. The Bertz CT molecular complexity index is 1930. The van der Waals surface area contributed by atoms with Crippen molar-refractivity contribution in [2.75, 3.05) is 22.1 Å². The van der Waals surface area contributed by atoms with Crippen LogP contribution in [-0.4, -0.2) is 65.4 Å². The molecule has 0 aliphatic carbocycles. The molecule has 6 rings (SSSR count). The number of aromatic carboxylic acids is 2. The van der Waals surface area contributed by atoms with Gasteiger partial charge in [0.2, 0.25) is 11.8 Å². The number of hydrogen-bond donors (Lipinski definition) is 6. The van der Waals surface area contributed by atoms with Gasteiger partial charge >= 0.3 is 11.9 Å². The normalized spacial score (nSPS) is 11.0. The lowest BCUT2D eigenvalue weighted by molar-refractivity contribution is -0.114. The zero-order chi connectivity index (χ0) is 32.2. The van der Waals surface area contributed by atoms with Crippen molar-refractivity contribution in [3.05, 3.63) is 96.1 Å². The highest BCUT2D eigenvalue weighted by atomic mass is 32.2. The minimum Gasteiger partial charge on any atom is -0.478 e. The number of nitrogens with one attached hydrogen (secondary N) is 4. The van der Waals surface area contributed by atoms with Gasteiger partial charge in [-0.05, 0) is 59.7 Å². The summed E-state index contributed by atoms with van der Waals surface area (Å²) in [5, 5.41) is 26.1. The maximum atomic E-state index is 12.7. The van der Waals surface area contributed by atoms with E-state index < -0.39 is 23.8 Å². The molecule has 6 N–H and O–H groups in total. The van der Waals surface area contributed by atoms with Gasteiger partial charge in [-0.2, -0.15) is 0 Å². The van der Waals surface area contributed by atoms with Crippen LogP contribution in [0.4, 0.5) is 11.4 Å². The van der Waals surface area contributed by atoms with Crippen molar-refractivity contribution < 1.29 is 29.4 Å². The van der Waals surface area contributed by atoms with Gasteiger partial charge in [0.1, 0.15) is 0 Å². The van der Waals surface area contributed by atoms with E-state index in [1.807, 2.05) is 48.5 Å². The third kappa shape index (κ3) is 6.87. The first kappa shape index (κ1) is 30.4. The first-order chi connectivity index (χ1) is 22.2. The summed E-state index contributed by atoms with van der Waals surface area (Å²) in [6.45, 7) is 0. The van der Waals surface area contributed by atoms with E-state index in [4.69, 9.17) is 0 Å². The number of hydrogen-bond acceptors (Lipinski definition) is 8. The van der Waals surface area contributed by atoms with Gasteiger partial charge in [0.15, 0.2) is 10.3 Å². The number of nitrogens with zero attached hydrogens (tertiary/aromatic N) is 2. The molecule has 0 saturated carbocycles. The molecule has 4 aromatic carbocycles. The fraction of sp³-hybridized carbons (Fsp3) is 0.0625. The summed E-state index contributed by atoms with van der Waals surface area (Å²) in [5.74, 6) is -3.41. The number of imidazole rings is 2. The van der Waals surface area contributed by atoms with E-state index in [2.05, 4.69) is 30.6 Å². The molecule has 0 spiro atoms. The van der Waals surface area contributed by atoms with Gasteiger partial charge in [-0.25, -0.2) is 19.6 Å². The van der Waals surface area contributed by atoms with Gasteiger partial charge in [0.05, 0.1) is 56.1 Å². The summed E-state index contributed by atoms with van der Waals surface area (Å²) in [6.07, 6.45) is 0. The Balaban J connectivity index is 1.13. The number of carbonyl (C=O) groups is 4. The fourth-order valence-corrected chi connectivity index (χ4v) is 6.03. The molecule has 0 saturated heterocycles. The minimum absolute atomic E-state index is 0.00737. The highest BCUT2D eigenvalue weighted by Gasteiger charge is 2.18. The van der Waals surface area contributed by atoms with Crippen molar-refractivity contribution in [2.45, 2.75) is 10.3 Å². The predicted octanol–water partition coefficient (Wildman–Crippen LogP) is 5.96. The maximum Gasteiger partial charge on any atom is 0.337 e. The molecule has 230 valence electrons. The molecule has 0 atom stereocenters. The van der Waals surface area contributed by atoms with Crippen molar-refractivity contribution in [2.24, 2.45) is 0 Å². The number of para-hydroxylation sites is 4. The van der Waals surface area contributed by atoms with Crippen LogP contribution in [0.15, 0.2) is 95.2 Å². The Morgan fingerprint density at radius 3 is 1.41 bits per heavy atom. The smallest absolute Gasteiger partial charge is 0.337 e. The van der Waals surface area contributed by atoms with Crippen molar-refractivity contribution in [3.8, 4) is 11.1 Å². The van der Waals surface area contributed by atoms with Gasteiger partial charge in [-0.15, -0.1) is 0 Å². The Morgan fingerprint density at radius 2 is 1.02 bits per heavy atom. The molecule has 2 heterocycles. The molecular formula is C32H24N6O6S2. The molecule has 6 aromatic rings. The van der Waals surface area contributed by atoms with Crippen LogP contribution < -0.4 is 10.6 Å². The largest absolute Gasteiger partial charge is 0.478 e. The van der Waals surface area contributed by atoms with Crippen LogP contribution in [0.2, 0.25) is 0 Å². The van der Waals surface area contributed by atoms with Crippen LogP contribution in [-0.2, 0) is 9.59 Å². The Hall–Kier alpha value is -5.60. The summed E-state index contributed by atoms with van der Waals surface area (Å²) in [7, 11) is 0. The van der Waals surface area contributed by atoms with Crippen molar-refractivity contribution in [1.29, 1.82) is 0 Å². The summed E-state index contributed by atoms with van der Waals surface area (Å²) >= 11 is 2.36. The summed E-state index contributed by atoms with van der Waals surface area (Å²) in [6, 6.07) is 23.7. The quantitative estimate of drug-likeness (QED) is 0.0910. The van der Waals surface area contributed by atoms with E-state index in [1.165, 1.54) is 47.8 Å². The van der Waals surface area contributed by atoms with Crippen LogP contribution in [0.25, 0.3) is 33.2 Å². The molecule has 0 unspecified atom stereocenters. The second-order valence-corrected chi connectivity index (χ2v) is 11.9. The van der Waals surface area contributed by atoms with Gasteiger partial charge in [-0.1, -0.05) is 59.9 Å². The van der Waals surface area contributed by atoms with E-state index in [9.17, 15) is 29.4 Å². The van der Waals surface area contributed by atoms with E-state index in [-0.39, 0.29) is 34.0 Å².